The van der Waals surface area contributed by atoms with Crippen LogP contribution in [0.5, 0.6) is 0 Å². The van der Waals surface area contributed by atoms with E-state index in [0.29, 0.717) is 0 Å². The van der Waals surface area contributed by atoms with Gasteiger partial charge in [0.05, 0.1) is 49.8 Å². The van der Waals surface area contributed by atoms with Gasteiger partial charge in [0.15, 0.2) is 0 Å². The molecule has 270 valence electrons. The highest BCUT2D eigenvalue weighted by Gasteiger charge is 2.22. The predicted octanol–water partition coefficient (Wildman–Crippen LogP) is 14.1. The van der Waals surface area contributed by atoms with Gasteiger partial charge in [-0.05, 0) is 84.9 Å². The summed E-state index contributed by atoms with van der Waals surface area (Å²) in [5.74, 6) is 0. The van der Waals surface area contributed by atoms with Gasteiger partial charge in [0.1, 0.15) is 0 Å². The van der Waals surface area contributed by atoms with E-state index < -0.39 is 0 Å². The highest BCUT2D eigenvalue weighted by atomic mass is 15.1. The van der Waals surface area contributed by atoms with Crippen molar-refractivity contribution in [3.63, 3.8) is 0 Å². The molecule has 4 nitrogen and oxygen atoms in total. The number of fused-ring (bicyclic) bond motifs is 12. The molecule has 0 fully saturated rings. The molecule has 0 unspecified atom stereocenters. The second-order valence-electron chi connectivity index (χ2n) is 15.3. The van der Waals surface area contributed by atoms with Crippen LogP contribution in [0.2, 0.25) is 0 Å². The predicted molar refractivity (Wildman–Crippen MR) is 244 cm³/mol. The molecular weight excluding hydrogens is 705 g/mol. The van der Waals surface area contributed by atoms with E-state index in [1.54, 1.807) is 0 Å². The van der Waals surface area contributed by atoms with Crippen LogP contribution in [0.15, 0.2) is 206 Å². The molecule has 4 aromatic heterocycles. The molecular formula is C54H34N4. The van der Waals surface area contributed by atoms with Crippen LogP contribution in [0.1, 0.15) is 0 Å². The normalized spacial score (nSPS) is 12.1. The minimum absolute atomic E-state index is 1.14. The van der Waals surface area contributed by atoms with E-state index in [4.69, 9.17) is 0 Å². The van der Waals surface area contributed by atoms with Gasteiger partial charge in [-0.2, -0.15) is 0 Å². The molecule has 0 radical (unpaired) electrons. The maximum atomic E-state index is 2.49. The quantitative estimate of drug-likeness (QED) is 0.171. The summed E-state index contributed by atoms with van der Waals surface area (Å²) in [5, 5.41) is 9.93. The monoisotopic (exact) mass is 738 g/mol. The molecule has 0 N–H and O–H groups in total. The Morgan fingerprint density at radius 2 is 0.569 bits per heavy atom. The Morgan fingerprint density at radius 3 is 1.10 bits per heavy atom. The fourth-order valence-corrected chi connectivity index (χ4v) is 9.96. The van der Waals surface area contributed by atoms with Gasteiger partial charge in [0.2, 0.25) is 0 Å². The zero-order chi connectivity index (χ0) is 37.9. The molecule has 0 aliphatic carbocycles. The summed E-state index contributed by atoms with van der Waals surface area (Å²) in [6.45, 7) is 0. The third-order valence-electron chi connectivity index (χ3n) is 12.3. The molecule has 4 heterocycles. The van der Waals surface area contributed by atoms with Gasteiger partial charge < -0.3 is 18.3 Å². The molecule has 4 heteroatoms. The average molecular weight is 739 g/mol. The first-order valence-corrected chi connectivity index (χ1v) is 20.0. The van der Waals surface area contributed by atoms with Crippen molar-refractivity contribution in [2.75, 3.05) is 0 Å². The van der Waals surface area contributed by atoms with E-state index in [2.05, 4.69) is 225 Å². The molecule has 0 amide bonds. The van der Waals surface area contributed by atoms with Gasteiger partial charge in [0, 0.05) is 60.2 Å². The third kappa shape index (κ3) is 4.23. The highest BCUT2D eigenvalue weighted by molar-refractivity contribution is 6.16. The molecule has 0 atom stereocenters. The number of hydrogen-bond donors (Lipinski definition) is 0. The van der Waals surface area contributed by atoms with Crippen molar-refractivity contribution < 1.29 is 0 Å². The van der Waals surface area contributed by atoms with Gasteiger partial charge in [-0.1, -0.05) is 121 Å². The second kappa shape index (κ2) is 11.8. The number of para-hydroxylation sites is 7. The third-order valence-corrected chi connectivity index (χ3v) is 12.3. The number of aromatic nitrogens is 4. The molecule has 13 rings (SSSR count). The second-order valence-corrected chi connectivity index (χ2v) is 15.3. The summed E-state index contributed by atoms with van der Waals surface area (Å²) in [4.78, 5) is 0. The van der Waals surface area contributed by atoms with Crippen molar-refractivity contribution in [1.82, 2.24) is 18.3 Å². The van der Waals surface area contributed by atoms with E-state index >= 15 is 0 Å². The lowest BCUT2D eigenvalue weighted by Crippen LogP contribution is -2.01. The van der Waals surface area contributed by atoms with Gasteiger partial charge in [-0.3, -0.25) is 0 Å². The molecule has 58 heavy (non-hydrogen) atoms. The Bertz CT molecular complexity index is 3740. The van der Waals surface area contributed by atoms with Crippen molar-refractivity contribution in [3.8, 4) is 22.7 Å². The molecule has 0 saturated heterocycles. The first-order valence-electron chi connectivity index (χ1n) is 20.0. The lowest BCUT2D eigenvalue weighted by Gasteiger charge is -2.15. The zero-order valence-electron chi connectivity index (χ0n) is 31.4. The summed E-state index contributed by atoms with van der Waals surface area (Å²) in [7, 11) is 0. The van der Waals surface area contributed by atoms with Crippen LogP contribution in [-0.2, 0) is 0 Å². The lowest BCUT2D eigenvalue weighted by atomic mass is 10.1. The van der Waals surface area contributed by atoms with Crippen LogP contribution in [0.3, 0.4) is 0 Å². The first kappa shape index (κ1) is 31.4. The van der Waals surface area contributed by atoms with Crippen LogP contribution in [-0.4, -0.2) is 18.3 Å². The van der Waals surface area contributed by atoms with Crippen molar-refractivity contribution in [1.29, 1.82) is 0 Å². The number of nitrogens with zero attached hydrogens (tertiary/aromatic N) is 4. The Kier molecular flexibility index (Phi) is 6.41. The van der Waals surface area contributed by atoms with Crippen molar-refractivity contribution in [2.24, 2.45) is 0 Å². The lowest BCUT2D eigenvalue weighted by molar-refractivity contribution is 1.13. The number of hydrogen-bond acceptors (Lipinski definition) is 0. The molecule has 0 aliphatic rings. The summed E-state index contributed by atoms with van der Waals surface area (Å²) >= 11 is 0. The first-order chi connectivity index (χ1) is 28.8. The summed E-state index contributed by atoms with van der Waals surface area (Å²) < 4.78 is 9.77. The van der Waals surface area contributed by atoms with Crippen molar-refractivity contribution in [2.45, 2.75) is 0 Å². The SMILES string of the molecule is c1ccc(-n2c3ccccc3c3cc(-n4c5ccccc5c5cc(-n6c7ccccc7c7cccc(-n8c9ccccc9c9ccccc98)c76)ccc54)ccc32)cc1. The van der Waals surface area contributed by atoms with E-state index in [1.165, 1.54) is 87.2 Å². The standard InChI is InChI=1S/C54H34N4/c1-2-15-35(16-3-1)55-46-23-9-7-20-41(46)44-33-36(29-31-51(44)55)56-47-24-10-8-21-42(47)45-34-37(30-32-52(45)56)57-48-25-11-6-19-40(48)43-22-14-28-53(54(43)57)58-49-26-12-4-17-38(49)39-18-5-13-27-50(39)58/h1-34H. The molecule has 0 spiro atoms. The number of rotatable bonds is 4. The Morgan fingerprint density at radius 1 is 0.207 bits per heavy atom. The van der Waals surface area contributed by atoms with Crippen LogP contribution in [0, 0.1) is 0 Å². The summed E-state index contributed by atoms with van der Waals surface area (Å²) in [6, 6.07) is 75.5. The smallest absolute Gasteiger partial charge is 0.0782 e. The van der Waals surface area contributed by atoms with Crippen LogP contribution in [0.25, 0.3) is 110 Å². The van der Waals surface area contributed by atoms with E-state index in [9.17, 15) is 0 Å². The minimum Gasteiger partial charge on any atom is -0.309 e. The number of benzene rings is 9. The van der Waals surface area contributed by atoms with Crippen molar-refractivity contribution >= 4 is 87.2 Å². The Labute approximate surface area is 333 Å². The highest BCUT2D eigenvalue weighted by Crippen LogP contribution is 2.42. The maximum absolute atomic E-state index is 2.49. The molecule has 13 aromatic rings. The van der Waals surface area contributed by atoms with Gasteiger partial charge in [-0.25, -0.2) is 0 Å². The fourth-order valence-electron chi connectivity index (χ4n) is 9.96. The van der Waals surface area contributed by atoms with Crippen molar-refractivity contribution in [3.05, 3.63) is 206 Å². The van der Waals surface area contributed by atoms with E-state index in [0.717, 1.165) is 22.7 Å². The molecule has 0 bridgehead atoms. The Balaban J connectivity index is 1.08. The van der Waals surface area contributed by atoms with Crippen LogP contribution < -0.4 is 0 Å². The van der Waals surface area contributed by atoms with Crippen LogP contribution in [0.4, 0.5) is 0 Å². The fraction of sp³-hybridized carbons (Fsp3) is 0. The van der Waals surface area contributed by atoms with E-state index in [1.807, 2.05) is 0 Å². The van der Waals surface area contributed by atoms with E-state index in [-0.39, 0.29) is 0 Å². The van der Waals surface area contributed by atoms with Crippen LogP contribution >= 0.6 is 0 Å². The largest absolute Gasteiger partial charge is 0.309 e. The maximum Gasteiger partial charge on any atom is 0.0782 e. The van der Waals surface area contributed by atoms with Gasteiger partial charge in [0.25, 0.3) is 0 Å². The molecule has 0 aliphatic heterocycles. The zero-order valence-corrected chi connectivity index (χ0v) is 31.4. The topological polar surface area (TPSA) is 19.7 Å². The minimum atomic E-state index is 1.14. The Hall–Kier alpha value is -7.82. The van der Waals surface area contributed by atoms with Gasteiger partial charge >= 0.3 is 0 Å². The summed E-state index contributed by atoms with van der Waals surface area (Å²) in [5.41, 5.74) is 14.2. The molecule has 0 saturated carbocycles. The molecule has 9 aromatic carbocycles. The summed E-state index contributed by atoms with van der Waals surface area (Å²) in [6.07, 6.45) is 0. The van der Waals surface area contributed by atoms with Gasteiger partial charge in [-0.15, -0.1) is 0 Å². The average Bonchev–Trinajstić information content (AvgIpc) is 4.01.